The monoisotopic (exact) mass is 681 g/mol. The van der Waals surface area contributed by atoms with Crippen LogP contribution < -0.4 is 5.32 Å². The molecule has 3 saturated heterocycles. The summed E-state index contributed by atoms with van der Waals surface area (Å²) in [6.45, 7) is 9.62. The quantitative estimate of drug-likeness (QED) is 0.211. The number of likely N-dealkylation sites (tertiary alicyclic amines) is 3. The van der Waals surface area contributed by atoms with E-state index in [1.54, 1.807) is 0 Å². The minimum absolute atomic E-state index is 0.0327. The second-order valence-corrected chi connectivity index (χ2v) is 14.6. The summed E-state index contributed by atoms with van der Waals surface area (Å²) in [4.78, 5) is 45.5. The molecule has 0 spiro atoms. The highest BCUT2D eigenvalue weighted by Crippen LogP contribution is 2.43. The molecule has 9 nitrogen and oxygen atoms in total. The molecule has 3 aromatic carbocycles. The molecule has 6 rings (SSSR count). The molecule has 3 heterocycles. The van der Waals surface area contributed by atoms with E-state index in [1.165, 1.54) is 16.3 Å². The summed E-state index contributed by atoms with van der Waals surface area (Å²) in [6, 6.07) is 27.6. The van der Waals surface area contributed by atoms with E-state index in [1.807, 2.05) is 91.0 Å². The van der Waals surface area contributed by atoms with Crippen molar-refractivity contribution in [2.75, 3.05) is 45.8 Å². The molecule has 3 aliphatic heterocycles. The van der Waals surface area contributed by atoms with E-state index in [-0.39, 0.29) is 24.8 Å². The average Bonchev–Trinajstić information content (AvgIpc) is 3.78. The normalized spacial score (nSPS) is 25.0. The number of benzene rings is 3. The molecule has 3 aliphatic rings. The molecule has 0 aliphatic carbocycles. The molecule has 50 heavy (non-hydrogen) atoms. The van der Waals surface area contributed by atoms with Crippen molar-refractivity contribution in [1.82, 2.24) is 15.1 Å². The Balaban J connectivity index is 1.24. The fourth-order valence-electron chi connectivity index (χ4n) is 8.90. The Kier molecular flexibility index (Phi) is 11.1. The van der Waals surface area contributed by atoms with Crippen LogP contribution in [-0.4, -0.2) is 112 Å². The smallest absolute Gasteiger partial charge is 0.248 e. The predicted molar refractivity (Wildman–Crippen MR) is 193 cm³/mol. The number of amides is 3. The van der Waals surface area contributed by atoms with Crippen LogP contribution in [0.25, 0.3) is 0 Å². The molecular weight excluding hydrogens is 628 g/mol. The second kappa shape index (κ2) is 15.5. The van der Waals surface area contributed by atoms with Crippen molar-refractivity contribution in [3.8, 4) is 0 Å². The van der Waals surface area contributed by atoms with Crippen molar-refractivity contribution in [3.05, 3.63) is 108 Å². The van der Waals surface area contributed by atoms with Crippen molar-refractivity contribution >= 4 is 17.7 Å². The van der Waals surface area contributed by atoms with E-state index in [2.05, 4.69) is 19.2 Å². The topological polar surface area (TPSA) is 110 Å². The number of β-amino-alcohol motifs (C(OH)–C–C–N with tert-alkyl or cyclic N) is 1. The maximum atomic E-state index is 14.6. The third-order valence-electron chi connectivity index (χ3n) is 11.9. The Bertz CT molecular complexity index is 1500. The number of hydrogen-bond donors (Lipinski definition) is 3. The molecule has 0 bridgehead atoms. The van der Waals surface area contributed by atoms with Gasteiger partial charge in [-0.25, -0.2) is 0 Å². The largest absolute Gasteiger partial charge is 0.388 e. The van der Waals surface area contributed by atoms with Gasteiger partial charge in [0.2, 0.25) is 17.7 Å². The summed E-state index contributed by atoms with van der Waals surface area (Å²) < 4.78 is 1.07. The van der Waals surface area contributed by atoms with Crippen molar-refractivity contribution in [2.45, 2.75) is 75.7 Å². The lowest BCUT2D eigenvalue weighted by atomic mass is 9.67. The molecule has 0 saturated carbocycles. The molecule has 0 unspecified atom stereocenters. The third kappa shape index (κ3) is 6.96. The highest BCUT2D eigenvalue weighted by atomic mass is 16.3. The van der Waals surface area contributed by atoms with Crippen LogP contribution in [0.4, 0.5) is 0 Å². The first kappa shape index (κ1) is 35.8. The van der Waals surface area contributed by atoms with Crippen molar-refractivity contribution < 1.29 is 29.1 Å². The molecule has 9 heteroatoms. The number of nitrogens with zero attached hydrogens (tertiary/aromatic N) is 3. The van der Waals surface area contributed by atoms with E-state index >= 15 is 0 Å². The second-order valence-electron chi connectivity index (χ2n) is 14.6. The summed E-state index contributed by atoms with van der Waals surface area (Å²) in [5.74, 6) is -0.650. The van der Waals surface area contributed by atoms with Gasteiger partial charge in [-0.3, -0.25) is 14.4 Å². The van der Waals surface area contributed by atoms with Gasteiger partial charge >= 0.3 is 0 Å². The maximum absolute atomic E-state index is 14.6. The number of carbonyl (C=O) groups excluding carboxylic acids is 3. The van der Waals surface area contributed by atoms with Crippen LogP contribution in [0.1, 0.15) is 62.6 Å². The van der Waals surface area contributed by atoms with Crippen LogP contribution in [0, 0.1) is 5.92 Å². The lowest BCUT2D eigenvalue weighted by molar-refractivity contribution is -0.932. The molecule has 3 aromatic rings. The van der Waals surface area contributed by atoms with Gasteiger partial charge in [0.1, 0.15) is 18.2 Å². The molecule has 3 fully saturated rings. The summed E-state index contributed by atoms with van der Waals surface area (Å²) >= 11 is 0. The number of aliphatic hydroxyl groups excluding tert-OH is 2. The number of hydrogen-bond acceptors (Lipinski definition) is 5. The number of nitrogens with one attached hydrogen (secondary N) is 1. The SMILES string of the molecule is CC[N+]1(CC)CCC[C@H](CNC(=O)[C@H]2CCCN2C(=O)[C@@H]2[C@@H](O)[C@@H](O)CN2C(=O)CC(c2ccccc2)(c2ccccc2)c2ccccc2)C1. The van der Waals surface area contributed by atoms with E-state index < -0.39 is 35.6 Å². The highest BCUT2D eigenvalue weighted by Gasteiger charge is 2.51. The molecule has 5 atom stereocenters. The zero-order valence-corrected chi connectivity index (χ0v) is 29.5. The molecule has 0 aromatic heterocycles. The van der Waals surface area contributed by atoms with Gasteiger partial charge < -0.3 is 29.8 Å². The molecule has 266 valence electrons. The first-order valence-electron chi connectivity index (χ1n) is 18.5. The Hall–Kier alpha value is -4.05. The van der Waals surface area contributed by atoms with Crippen LogP contribution in [0.5, 0.6) is 0 Å². The van der Waals surface area contributed by atoms with Crippen LogP contribution in [-0.2, 0) is 19.8 Å². The lowest BCUT2D eigenvalue weighted by Gasteiger charge is -2.43. The minimum atomic E-state index is -1.47. The van der Waals surface area contributed by atoms with E-state index in [9.17, 15) is 24.6 Å². The van der Waals surface area contributed by atoms with Crippen LogP contribution in [0.3, 0.4) is 0 Å². The third-order valence-corrected chi connectivity index (χ3v) is 11.9. The predicted octanol–water partition coefficient (Wildman–Crippen LogP) is 3.72. The van der Waals surface area contributed by atoms with Crippen LogP contribution in [0.15, 0.2) is 91.0 Å². The number of carbonyl (C=O) groups is 3. The van der Waals surface area contributed by atoms with Crippen molar-refractivity contribution in [1.29, 1.82) is 0 Å². The first-order valence-corrected chi connectivity index (χ1v) is 18.5. The van der Waals surface area contributed by atoms with Gasteiger partial charge in [0.15, 0.2) is 0 Å². The minimum Gasteiger partial charge on any atom is -0.388 e. The maximum Gasteiger partial charge on any atom is 0.248 e. The summed E-state index contributed by atoms with van der Waals surface area (Å²) in [5, 5.41) is 25.3. The van der Waals surface area contributed by atoms with Crippen LogP contribution >= 0.6 is 0 Å². The fraction of sp³-hybridized carbons (Fsp3) is 0.488. The Morgan fingerprint density at radius 2 is 1.36 bits per heavy atom. The van der Waals surface area contributed by atoms with Gasteiger partial charge in [0, 0.05) is 25.4 Å². The number of piperidine rings is 1. The van der Waals surface area contributed by atoms with Gasteiger partial charge in [0.25, 0.3) is 0 Å². The highest BCUT2D eigenvalue weighted by molar-refractivity contribution is 5.94. The summed E-state index contributed by atoms with van der Waals surface area (Å²) in [6.07, 6.45) is 0.600. The summed E-state index contributed by atoms with van der Waals surface area (Å²) in [5.41, 5.74) is 1.83. The standard InChI is InChI=1S/C41H52N4O5/c1-3-45(4-2)25-15-16-30(29-45)27-42-39(49)34-23-14-24-43(34)40(50)37-38(48)35(46)28-44(37)36(47)26-41(31-17-8-5-9-18-31,32-19-10-6-11-20-32)33-21-12-7-13-22-33/h5-13,17-22,30,34-35,37-38,46,48H,3-4,14-16,23-29H2,1-2H3/p+1/t30-,34-,35+,37+,38+/m1/s1. The van der Waals surface area contributed by atoms with Gasteiger partial charge in [-0.1, -0.05) is 91.0 Å². The van der Waals surface area contributed by atoms with Crippen molar-refractivity contribution in [3.63, 3.8) is 0 Å². The molecule has 0 radical (unpaired) electrons. The molecular formula is C41H53N4O5+. The van der Waals surface area contributed by atoms with Gasteiger partial charge in [0.05, 0.1) is 44.2 Å². The first-order chi connectivity index (χ1) is 24.2. The zero-order valence-electron chi connectivity index (χ0n) is 29.5. The van der Waals surface area contributed by atoms with E-state index in [4.69, 9.17) is 0 Å². The van der Waals surface area contributed by atoms with Crippen LogP contribution in [0.2, 0.25) is 0 Å². The van der Waals surface area contributed by atoms with Gasteiger partial charge in [-0.05, 0) is 56.2 Å². The fourth-order valence-corrected chi connectivity index (χ4v) is 8.90. The van der Waals surface area contributed by atoms with Gasteiger partial charge in [-0.2, -0.15) is 0 Å². The lowest BCUT2D eigenvalue weighted by Crippen LogP contribution is -2.57. The Morgan fingerprint density at radius 1 is 0.800 bits per heavy atom. The van der Waals surface area contributed by atoms with E-state index in [0.717, 1.165) is 53.6 Å². The Morgan fingerprint density at radius 3 is 1.90 bits per heavy atom. The van der Waals surface area contributed by atoms with Gasteiger partial charge in [-0.15, -0.1) is 0 Å². The zero-order chi connectivity index (χ0) is 35.3. The summed E-state index contributed by atoms with van der Waals surface area (Å²) in [7, 11) is 0. The van der Waals surface area contributed by atoms with Crippen molar-refractivity contribution in [2.24, 2.45) is 5.92 Å². The Labute approximate surface area is 296 Å². The number of rotatable bonds is 11. The van der Waals surface area contributed by atoms with E-state index in [0.29, 0.717) is 31.8 Å². The molecule has 3 N–H and O–H groups in total. The number of aliphatic hydroxyl groups is 2. The number of quaternary nitrogens is 1. The average molecular weight is 682 g/mol. The molecule has 3 amide bonds.